The molecule has 0 atom stereocenters. The van der Waals surface area contributed by atoms with E-state index < -0.39 is 10.0 Å². The first-order valence-corrected chi connectivity index (χ1v) is 11.6. The molecule has 2 aromatic heterocycles. The van der Waals surface area contributed by atoms with Crippen LogP contribution < -0.4 is 14.9 Å². The molecule has 10 heteroatoms. The van der Waals surface area contributed by atoms with Gasteiger partial charge in [0, 0.05) is 46.3 Å². The number of nitrogens with zero attached hydrogens (tertiary/aromatic N) is 3. The molecule has 0 amide bonds. The molecule has 2 aromatic rings. The molecule has 0 aliphatic carbocycles. The van der Waals surface area contributed by atoms with Crippen molar-refractivity contribution in [3.05, 3.63) is 35.0 Å². The third-order valence-corrected chi connectivity index (χ3v) is 7.86. The molecule has 26 heavy (non-hydrogen) atoms. The van der Waals surface area contributed by atoms with Crippen molar-refractivity contribution in [2.45, 2.75) is 4.21 Å². The first-order valence-electron chi connectivity index (χ1n) is 8.37. The first-order chi connectivity index (χ1) is 12.6. The van der Waals surface area contributed by atoms with Crippen LogP contribution in [0.2, 0.25) is 0 Å². The number of sulfonamides is 1. The zero-order chi connectivity index (χ0) is 18.4. The summed E-state index contributed by atoms with van der Waals surface area (Å²) in [7, 11) is -1.66. The zero-order valence-corrected chi connectivity index (χ0v) is 17.0. The lowest BCUT2D eigenvalue weighted by atomic mass is 10.3. The van der Waals surface area contributed by atoms with E-state index in [2.05, 4.69) is 42.3 Å². The van der Waals surface area contributed by atoms with Gasteiger partial charge in [-0.3, -0.25) is 4.99 Å². The fraction of sp³-hybridized carbons (Fsp3) is 0.438. The summed E-state index contributed by atoms with van der Waals surface area (Å²) in [5.41, 5.74) is 0. The van der Waals surface area contributed by atoms with Crippen LogP contribution in [0.25, 0.3) is 0 Å². The number of piperazine rings is 1. The smallest absolute Gasteiger partial charge is 0.250 e. The van der Waals surface area contributed by atoms with Crippen LogP contribution in [0.1, 0.15) is 0 Å². The van der Waals surface area contributed by atoms with Gasteiger partial charge in [0.2, 0.25) is 10.0 Å². The Morgan fingerprint density at radius 2 is 1.85 bits per heavy atom. The highest BCUT2D eigenvalue weighted by molar-refractivity contribution is 7.91. The van der Waals surface area contributed by atoms with Gasteiger partial charge >= 0.3 is 0 Å². The second-order valence-electron chi connectivity index (χ2n) is 5.73. The van der Waals surface area contributed by atoms with E-state index >= 15 is 0 Å². The van der Waals surface area contributed by atoms with Gasteiger partial charge in [0.1, 0.15) is 4.21 Å². The van der Waals surface area contributed by atoms with E-state index in [1.165, 1.54) is 16.3 Å². The maximum absolute atomic E-state index is 12.1. The average Bonchev–Trinajstić information content (AvgIpc) is 3.36. The summed E-state index contributed by atoms with van der Waals surface area (Å²) in [6, 6.07) is 7.55. The maximum Gasteiger partial charge on any atom is 0.250 e. The van der Waals surface area contributed by atoms with E-state index in [9.17, 15) is 8.42 Å². The Morgan fingerprint density at radius 1 is 1.12 bits per heavy atom. The summed E-state index contributed by atoms with van der Waals surface area (Å²) in [4.78, 5) is 8.91. The van der Waals surface area contributed by atoms with Crippen LogP contribution in [-0.2, 0) is 10.0 Å². The van der Waals surface area contributed by atoms with Gasteiger partial charge in [0.25, 0.3) is 0 Å². The Balaban J connectivity index is 1.43. The summed E-state index contributed by atoms with van der Waals surface area (Å²) in [5.74, 6) is 0.811. The highest BCUT2D eigenvalue weighted by Crippen LogP contribution is 2.22. The van der Waals surface area contributed by atoms with E-state index in [0.29, 0.717) is 17.3 Å². The number of anilines is 1. The van der Waals surface area contributed by atoms with Gasteiger partial charge in [-0.25, -0.2) is 13.1 Å². The molecule has 1 aliphatic heterocycles. The van der Waals surface area contributed by atoms with Gasteiger partial charge < -0.3 is 15.1 Å². The Hall–Kier alpha value is -1.62. The van der Waals surface area contributed by atoms with E-state index in [1.54, 1.807) is 35.9 Å². The normalized spacial score (nSPS) is 16.1. The Kier molecular flexibility index (Phi) is 6.52. The molecular weight excluding hydrogens is 390 g/mol. The first kappa shape index (κ1) is 19.2. The predicted octanol–water partition coefficient (Wildman–Crippen LogP) is 1.49. The summed E-state index contributed by atoms with van der Waals surface area (Å²) in [5, 5.41) is 8.40. The highest BCUT2D eigenvalue weighted by Gasteiger charge is 2.20. The quantitative estimate of drug-likeness (QED) is 0.426. The van der Waals surface area contributed by atoms with Crippen molar-refractivity contribution in [1.29, 1.82) is 0 Å². The maximum atomic E-state index is 12.1. The molecule has 0 unspecified atom stereocenters. The molecule has 0 radical (unpaired) electrons. The Labute approximate surface area is 162 Å². The lowest BCUT2D eigenvalue weighted by Crippen LogP contribution is -2.53. The molecule has 2 N–H and O–H groups in total. The summed E-state index contributed by atoms with van der Waals surface area (Å²) in [6.45, 7) is 4.48. The van der Waals surface area contributed by atoms with Gasteiger partial charge in [0.15, 0.2) is 5.96 Å². The molecule has 142 valence electrons. The van der Waals surface area contributed by atoms with Crippen molar-refractivity contribution in [3.63, 3.8) is 0 Å². The second-order valence-corrected chi connectivity index (χ2v) is 9.60. The topological polar surface area (TPSA) is 77.0 Å². The van der Waals surface area contributed by atoms with Crippen LogP contribution in [0.5, 0.6) is 0 Å². The van der Waals surface area contributed by atoms with E-state index in [1.807, 2.05) is 0 Å². The molecular formula is C16H23N5O2S3. The molecule has 1 saturated heterocycles. The van der Waals surface area contributed by atoms with Gasteiger partial charge in [-0.05, 0) is 29.0 Å². The van der Waals surface area contributed by atoms with Crippen LogP contribution in [0.3, 0.4) is 0 Å². The predicted molar refractivity (Wildman–Crippen MR) is 109 cm³/mol. The molecule has 1 aliphatic rings. The average molecular weight is 414 g/mol. The number of thiophene rings is 2. The van der Waals surface area contributed by atoms with Crippen molar-refractivity contribution in [2.24, 2.45) is 4.99 Å². The molecule has 0 saturated carbocycles. The lowest BCUT2D eigenvalue weighted by Gasteiger charge is -2.37. The number of nitrogens with one attached hydrogen (secondary N) is 2. The van der Waals surface area contributed by atoms with Crippen LogP contribution in [0, 0.1) is 0 Å². The summed E-state index contributed by atoms with van der Waals surface area (Å²) in [6.07, 6.45) is 0. The Bertz CT molecular complexity index is 795. The minimum absolute atomic E-state index is 0.314. The summed E-state index contributed by atoms with van der Waals surface area (Å²) < 4.78 is 27.1. The van der Waals surface area contributed by atoms with Crippen LogP contribution in [0.4, 0.5) is 5.00 Å². The highest BCUT2D eigenvalue weighted by atomic mass is 32.2. The minimum Gasteiger partial charge on any atom is -0.360 e. The van der Waals surface area contributed by atoms with Crippen molar-refractivity contribution in [1.82, 2.24) is 14.9 Å². The molecule has 0 spiro atoms. The minimum atomic E-state index is -3.41. The standard InChI is InChI=1S/C16H23N5O2S3/c1-17-16(18-6-7-19-26(22,23)15-5-3-13-25-15)21-10-8-20(9-11-21)14-4-2-12-24-14/h2-5,12-13,19H,6-11H2,1H3,(H,17,18). The SMILES string of the molecule is CN=C(NCCNS(=O)(=O)c1cccs1)N1CCN(c2cccs2)CC1. The number of aliphatic imine (C=N–C) groups is 1. The van der Waals surface area contributed by atoms with E-state index in [0.717, 1.165) is 32.1 Å². The van der Waals surface area contributed by atoms with Gasteiger partial charge in [-0.1, -0.05) is 6.07 Å². The molecule has 3 rings (SSSR count). The third kappa shape index (κ3) is 4.76. The zero-order valence-electron chi connectivity index (χ0n) is 14.6. The monoisotopic (exact) mass is 413 g/mol. The van der Waals surface area contributed by atoms with Gasteiger partial charge in [-0.2, -0.15) is 0 Å². The van der Waals surface area contributed by atoms with Crippen LogP contribution in [-0.4, -0.2) is 65.6 Å². The molecule has 3 heterocycles. The number of hydrogen-bond acceptors (Lipinski definition) is 6. The van der Waals surface area contributed by atoms with Crippen molar-refractivity contribution in [3.8, 4) is 0 Å². The largest absolute Gasteiger partial charge is 0.360 e. The van der Waals surface area contributed by atoms with Crippen molar-refractivity contribution >= 4 is 43.7 Å². The third-order valence-electron chi connectivity index (χ3n) is 4.07. The molecule has 0 aromatic carbocycles. The fourth-order valence-electron chi connectivity index (χ4n) is 2.77. The summed E-state index contributed by atoms with van der Waals surface area (Å²) >= 11 is 2.97. The van der Waals surface area contributed by atoms with E-state index in [4.69, 9.17) is 0 Å². The number of hydrogen-bond donors (Lipinski definition) is 2. The van der Waals surface area contributed by atoms with Gasteiger partial charge in [-0.15, -0.1) is 22.7 Å². The van der Waals surface area contributed by atoms with Crippen molar-refractivity contribution < 1.29 is 8.42 Å². The second kappa shape index (κ2) is 8.85. The molecule has 0 bridgehead atoms. The van der Waals surface area contributed by atoms with E-state index in [-0.39, 0.29) is 0 Å². The van der Waals surface area contributed by atoms with Crippen LogP contribution >= 0.6 is 22.7 Å². The van der Waals surface area contributed by atoms with Gasteiger partial charge in [0.05, 0.1) is 5.00 Å². The molecule has 1 fully saturated rings. The van der Waals surface area contributed by atoms with Crippen molar-refractivity contribution in [2.75, 3.05) is 51.2 Å². The lowest BCUT2D eigenvalue weighted by molar-refractivity contribution is 0.374. The Morgan fingerprint density at radius 3 is 2.46 bits per heavy atom. The number of rotatable bonds is 6. The number of guanidine groups is 1. The fourth-order valence-corrected chi connectivity index (χ4v) is 5.62. The van der Waals surface area contributed by atoms with Crippen LogP contribution in [0.15, 0.2) is 44.2 Å². The molecule has 7 nitrogen and oxygen atoms in total.